The fourth-order valence-electron chi connectivity index (χ4n) is 1.49. The third-order valence-electron chi connectivity index (χ3n) is 2.25. The molecule has 2 rings (SSSR count). The Morgan fingerprint density at radius 3 is 3.12 bits per heavy atom. The van der Waals surface area contributed by atoms with Crippen LogP contribution < -0.4 is 0 Å². The summed E-state index contributed by atoms with van der Waals surface area (Å²) in [6, 6.07) is 7.94. The number of aromatic nitrogens is 1. The van der Waals surface area contributed by atoms with Gasteiger partial charge in [0.05, 0.1) is 5.75 Å². The predicted octanol–water partition coefficient (Wildman–Crippen LogP) is 2.87. The van der Waals surface area contributed by atoms with E-state index in [1.54, 1.807) is 13.1 Å². The lowest BCUT2D eigenvalue weighted by Crippen LogP contribution is -1.84. The van der Waals surface area contributed by atoms with Crippen LogP contribution in [0.2, 0.25) is 0 Å². The quantitative estimate of drug-likeness (QED) is 0.719. The zero-order valence-corrected chi connectivity index (χ0v) is 10.3. The van der Waals surface area contributed by atoms with Gasteiger partial charge < -0.3 is 0 Å². The van der Waals surface area contributed by atoms with Gasteiger partial charge in [0.25, 0.3) is 0 Å². The van der Waals surface area contributed by atoms with E-state index in [1.165, 1.54) is 11.8 Å². The van der Waals surface area contributed by atoms with Gasteiger partial charge in [-0.1, -0.05) is 35.7 Å². The number of benzene rings is 1. The Bertz CT molecular complexity index is 605. The molecule has 0 N–H and O–H groups in total. The van der Waals surface area contributed by atoms with Crippen molar-refractivity contribution in [3.63, 3.8) is 0 Å². The molecule has 3 heteroatoms. The monoisotopic (exact) mass is 241 g/mol. The molecule has 0 spiro atoms. The van der Waals surface area contributed by atoms with Crippen molar-refractivity contribution in [2.75, 3.05) is 5.75 Å². The molecular formula is C14H11NOS. The van der Waals surface area contributed by atoms with Crippen molar-refractivity contribution in [3.05, 3.63) is 42.2 Å². The predicted molar refractivity (Wildman–Crippen MR) is 71.8 cm³/mol. The third-order valence-corrected chi connectivity index (χ3v) is 2.95. The van der Waals surface area contributed by atoms with Gasteiger partial charge in [-0.05, 0) is 17.5 Å². The standard InChI is InChI=1S/C14H11NOS/c1-11(16)17-9-3-6-12-4-2-5-13-7-8-15-10-14(12)13/h2,4-5,7-8,10H,9H2,1H3. The average Bonchev–Trinajstić information content (AvgIpc) is 2.34. The van der Waals surface area contributed by atoms with E-state index >= 15 is 0 Å². The van der Waals surface area contributed by atoms with Gasteiger partial charge in [-0.15, -0.1) is 0 Å². The molecule has 0 radical (unpaired) electrons. The van der Waals surface area contributed by atoms with Gasteiger partial charge in [-0.25, -0.2) is 0 Å². The lowest BCUT2D eigenvalue weighted by Gasteiger charge is -1.98. The van der Waals surface area contributed by atoms with E-state index in [1.807, 2.05) is 30.5 Å². The van der Waals surface area contributed by atoms with Crippen molar-refractivity contribution in [3.8, 4) is 11.8 Å². The van der Waals surface area contributed by atoms with E-state index in [0.29, 0.717) is 5.75 Å². The van der Waals surface area contributed by atoms with Crippen LogP contribution in [0.4, 0.5) is 0 Å². The summed E-state index contributed by atoms with van der Waals surface area (Å²) in [7, 11) is 0. The van der Waals surface area contributed by atoms with Gasteiger partial charge in [0.2, 0.25) is 0 Å². The van der Waals surface area contributed by atoms with E-state index < -0.39 is 0 Å². The van der Waals surface area contributed by atoms with Crippen LogP contribution in [0.3, 0.4) is 0 Å². The molecule has 0 saturated carbocycles. The fraction of sp³-hybridized carbons (Fsp3) is 0.143. The molecule has 0 atom stereocenters. The van der Waals surface area contributed by atoms with Crippen molar-refractivity contribution < 1.29 is 4.79 Å². The van der Waals surface area contributed by atoms with Crippen LogP contribution in [0.15, 0.2) is 36.7 Å². The maximum Gasteiger partial charge on any atom is 0.186 e. The summed E-state index contributed by atoms with van der Waals surface area (Å²) in [6.07, 6.45) is 3.59. The summed E-state index contributed by atoms with van der Waals surface area (Å²) in [5.41, 5.74) is 0.958. The highest BCUT2D eigenvalue weighted by Crippen LogP contribution is 2.16. The first-order valence-electron chi connectivity index (χ1n) is 5.22. The van der Waals surface area contributed by atoms with Gasteiger partial charge in [0, 0.05) is 30.3 Å². The Hall–Kier alpha value is -1.79. The highest BCUT2D eigenvalue weighted by molar-refractivity contribution is 8.13. The molecule has 1 aromatic heterocycles. The minimum absolute atomic E-state index is 0.0962. The summed E-state index contributed by atoms with van der Waals surface area (Å²) >= 11 is 1.23. The fourth-order valence-corrected chi connectivity index (χ4v) is 1.84. The second kappa shape index (κ2) is 5.51. The number of carbonyl (C=O) groups excluding carboxylic acids is 1. The summed E-state index contributed by atoms with van der Waals surface area (Å²) in [6.45, 7) is 1.55. The lowest BCUT2D eigenvalue weighted by molar-refractivity contribution is -0.109. The molecule has 1 aromatic carbocycles. The lowest BCUT2D eigenvalue weighted by atomic mass is 10.1. The molecular weight excluding hydrogens is 230 g/mol. The van der Waals surface area contributed by atoms with Crippen molar-refractivity contribution in [1.29, 1.82) is 0 Å². The Labute approximate surface area is 104 Å². The van der Waals surface area contributed by atoms with E-state index in [0.717, 1.165) is 16.3 Å². The van der Waals surface area contributed by atoms with Crippen molar-refractivity contribution in [1.82, 2.24) is 4.98 Å². The molecule has 2 aromatic rings. The van der Waals surface area contributed by atoms with Crippen LogP contribution >= 0.6 is 11.8 Å². The van der Waals surface area contributed by atoms with Gasteiger partial charge in [0.1, 0.15) is 0 Å². The molecule has 0 bridgehead atoms. The Balaban J connectivity index is 2.26. The molecule has 0 fully saturated rings. The molecule has 84 valence electrons. The molecule has 0 unspecified atom stereocenters. The number of rotatable bonds is 1. The molecule has 1 heterocycles. The maximum absolute atomic E-state index is 10.8. The molecule has 17 heavy (non-hydrogen) atoms. The molecule has 0 aliphatic rings. The first-order valence-corrected chi connectivity index (χ1v) is 6.21. The third kappa shape index (κ3) is 3.08. The van der Waals surface area contributed by atoms with Crippen molar-refractivity contribution >= 4 is 27.6 Å². The summed E-state index contributed by atoms with van der Waals surface area (Å²) in [5.74, 6) is 6.60. The van der Waals surface area contributed by atoms with Crippen LogP contribution in [0.1, 0.15) is 12.5 Å². The SMILES string of the molecule is CC(=O)SCC#Cc1cccc2ccncc12. The highest BCUT2D eigenvalue weighted by Gasteiger charge is 1.96. The zero-order chi connectivity index (χ0) is 12.1. The maximum atomic E-state index is 10.8. The van der Waals surface area contributed by atoms with E-state index in [-0.39, 0.29) is 5.12 Å². The number of pyridine rings is 1. The number of nitrogens with zero attached hydrogens (tertiary/aromatic N) is 1. The van der Waals surface area contributed by atoms with E-state index in [4.69, 9.17) is 0 Å². The largest absolute Gasteiger partial charge is 0.288 e. The molecule has 0 amide bonds. The normalized spacial score (nSPS) is 9.71. The highest BCUT2D eigenvalue weighted by atomic mass is 32.2. The van der Waals surface area contributed by atoms with Crippen molar-refractivity contribution in [2.45, 2.75) is 6.92 Å². The number of fused-ring (bicyclic) bond motifs is 1. The second-order valence-electron chi connectivity index (χ2n) is 3.48. The van der Waals surface area contributed by atoms with Gasteiger partial charge in [-0.3, -0.25) is 9.78 Å². The zero-order valence-electron chi connectivity index (χ0n) is 9.43. The summed E-state index contributed by atoms with van der Waals surface area (Å²) in [4.78, 5) is 14.9. The number of thioether (sulfide) groups is 1. The molecule has 2 nitrogen and oxygen atoms in total. The smallest absolute Gasteiger partial charge is 0.186 e. The summed E-state index contributed by atoms with van der Waals surface area (Å²) in [5, 5.41) is 2.28. The van der Waals surface area contributed by atoms with Gasteiger partial charge in [-0.2, -0.15) is 0 Å². The van der Waals surface area contributed by atoms with Crippen LogP contribution in [-0.2, 0) is 4.79 Å². The second-order valence-corrected chi connectivity index (χ2v) is 4.64. The van der Waals surface area contributed by atoms with Crippen LogP contribution in [0.25, 0.3) is 10.8 Å². The number of hydrogen-bond acceptors (Lipinski definition) is 3. The van der Waals surface area contributed by atoms with Crippen LogP contribution in [-0.4, -0.2) is 15.9 Å². The minimum Gasteiger partial charge on any atom is -0.288 e. The first-order chi connectivity index (χ1) is 8.27. The van der Waals surface area contributed by atoms with Crippen molar-refractivity contribution in [2.24, 2.45) is 0 Å². The average molecular weight is 241 g/mol. The molecule has 0 aliphatic carbocycles. The van der Waals surface area contributed by atoms with E-state index in [2.05, 4.69) is 16.8 Å². The Kier molecular flexibility index (Phi) is 3.79. The number of hydrogen-bond donors (Lipinski definition) is 0. The van der Waals surface area contributed by atoms with E-state index in [9.17, 15) is 4.79 Å². The van der Waals surface area contributed by atoms with Crippen LogP contribution in [0.5, 0.6) is 0 Å². The van der Waals surface area contributed by atoms with Gasteiger partial charge in [0.15, 0.2) is 5.12 Å². The Morgan fingerprint density at radius 1 is 1.41 bits per heavy atom. The Morgan fingerprint density at radius 2 is 2.29 bits per heavy atom. The summed E-state index contributed by atoms with van der Waals surface area (Å²) < 4.78 is 0. The first kappa shape index (κ1) is 11.7. The number of carbonyl (C=O) groups is 1. The molecule has 0 saturated heterocycles. The molecule has 0 aliphatic heterocycles. The van der Waals surface area contributed by atoms with Crippen LogP contribution in [0, 0.1) is 11.8 Å². The minimum atomic E-state index is 0.0962. The van der Waals surface area contributed by atoms with Gasteiger partial charge >= 0.3 is 0 Å². The topological polar surface area (TPSA) is 30.0 Å².